The molecule has 84 valence electrons. The standard InChI is InChI=1S/C13H15ClN2/c14-13-4-2-10(7-16-13)11-3-1-9-5-6-15-8-12(9)11/h2-4,7,9,12,15H,1,5-6,8H2. The molecule has 3 rings (SSSR count). The molecule has 0 aromatic carbocycles. The van der Waals surface area contributed by atoms with Crippen LogP contribution < -0.4 is 5.32 Å². The first kappa shape index (κ1) is 10.3. The van der Waals surface area contributed by atoms with Crippen molar-refractivity contribution in [2.24, 2.45) is 11.8 Å². The summed E-state index contributed by atoms with van der Waals surface area (Å²) in [6, 6.07) is 3.96. The lowest BCUT2D eigenvalue weighted by molar-refractivity contribution is 0.328. The van der Waals surface area contributed by atoms with E-state index in [4.69, 9.17) is 11.6 Å². The average Bonchev–Trinajstić information content (AvgIpc) is 2.74. The van der Waals surface area contributed by atoms with Crippen LogP contribution >= 0.6 is 11.6 Å². The van der Waals surface area contributed by atoms with Crippen molar-refractivity contribution >= 4 is 17.2 Å². The van der Waals surface area contributed by atoms with Crippen molar-refractivity contribution in [1.82, 2.24) is 10.3 Å². The van der Waals surface area contributed by atoms with Gasteiger partial charge in [-0.2, -0.15) is 0 Å². The summed E-state index contributed by atoms with van der Waals surface area (Å²) in [5.74, 6) is 1.52. The molecule has 0 spiro atoms. The van der Waals surface area contributed by atoms with Crippen LogP contribution in [0.5, 0.6) is 0 Å². The second-order valence-corrected chi connectivity index (χ2v) is 5.01. The predicted octanol–water partition coefficient (Wildman–Crippen LogP) is 2.75. The molecule has 1 saturated heterocycles. The van der Waals surface area contributed by atoms with Crippen LogP contribution in [0, 0.1) is 11.8 Å². The normalized spacial score (nSPS) is 28.7. The quantitative estimate of drug-likeness (QED) is 0.756. The molecule has 2 heterocycles. The molecule has 16 heavy (non-hydrogen) atoms. The Bertz CT molecular complexity index is 410. The van der Waals surface area contributed by atoms with E-state index >= 15 is 0 Å². The third-order valence-corrected chi connectivity index (χ3v) is 3.95. The summed E-state index contributed by atoms with van der Waals surface area (Å²) in [5, 5.41) is 4.05. The van der Waals surface area contributed by atoms with Gasteiger partial charge in [0.25, 0.3) is 0 Å². The van der Waals surface area contributed by atoms with Gasteiger partial charge in [0, 0.05) is 12.7 Å². The number of halogens is 1. The Hall–Kier alpha value is -0.860. The number of piperidine rings is 1. The maximum absolute atomic E-state index is 5.81. The van der Waals surface area contributed by atoms with Gasteiger partial charge in [-0.05, 0) is 48.4 Å². The van der Waals surface area contributed by atoms with Crippen LogP contribution in [-0.2, 0) is 0 Å². The van der Waals surface area contributed by atoms with Gasteiger partial charge in [-0.25, -0.2) is 4.98 Å². The molecular weight excluding hydrogens is 220 g/mol. The number of hydrogen-bond donors (Lipinski definition) is 1. The second-order valence-electron chi connectivity index (χ2n) is 4.62. The van der Waals surface area contributed by atoms with Gasteiger partial charge in [-0.15, -0.1) is 0 Å². The topological polar surface area (TPSA) is 24.9 Å². The minimum atomic E-state index is 0.570. The van der Waals surface area contributed by atoms with Crippen molar-refractivity contribution in [3.63, 3.8) is 0 Å². The Labute approximate surface area is 101 Å². The van der Waals surface area contributed by atoms with E-state index in [1.807, 2.05) is 12.3 Å². The van der Waals surface area contributed by atoms with Gasteiger partial charge in [-0.1, -0.05) is 23.7 Å². The fourth-order valence-electron chi connectivity index (χ4n) is 2.87. The molecule has 1 aliphatic carbocycles. The molecule has 1 N–H and O–H groups in total. The highest BCUT2D eigenvalue weighted by Crippen LogP contribution is 2.40. The summed E-state index contributed by atoms with van der Waals surface area (Å²) in [4.78, 5) is 4.17. The lowest BCUT2D eigenvalue weighted by atomic mass is 9.84. The number of fused-ring (bicyclic) bond motifs is 1. The molecule has 1 aromatic heterocycles. The third-order valence-electron chi connectivity index (χ3n) is 3.73. The largest absolute Gasteiger partial charge is 0.316 e. The number of nitrogens with one attached hydrogen (secondary N) is 1. The van der Waals surface area contributed by atoms with E-state index in [0.29, 0.717) is 11.1 Å². The monoisotopic (exact) mass is 234 g/mol. The highest BCUT2D eigenvalue weighted by molar-refractivity contribution is 6.29. The molecule has 0 amide bonds. The van der Waals surface area contributed by atoms with Crippen LogP contribution in [0.3, 0.4) is 0 Å². The van der Waals surface area contributed by atoms with E-state index in [9.17, 15) is 0 Å². The Morgan fingerprint density at radius 3 is 3.12 bits per heavy atom. The molecule has 0 radical (unpaired) electrons. The zero-order chi connectivity index (χ0) is 11.0. The van der Waals surface area contributed by atoms with Gasteiger partial charge in [0.15, 0.2) is 0 Å². The predicted molar refractivity (Wildman–Crippen MR) is 66.3 cm³/mol. The fraction of sp³-hybridized carbons (Fsp3) is 0.462. The molecule has 1 fully saturated rings. The number of pyridine rings is 1. The highest BCUT2D eigenvalue weighted by Gasteiger charge is 2.32. The van der Waals surface area contributed by atoms with Crippen molar-refractivity contribution in [1.29, 1.82) is 0 Å². The Kier molecular flexibility index (Phi) is 2.70. The molecule has 0 bridgehead atoms. The first-order valence-electron chi connectivity index (χ1n) is 5.87. The number of aromatic nitrogens is 1. The average molecular weight is 235 g/mol. The van der Waals surface area contributed by atoms with Crippen LogP contribution in [0.2, 0.25) is 5.15 Å². The van der Waals surface area contributed by atoms with Gasteiger partial charge in [0.1, 0.15) is 5.15 Å². The summed E-state index contributed by atoms with van der Waals surface area (Å²) >= 11 is 5.81. The molecule has 2 aliphatic rings. The van der Waals surface area contributed by atoms with E-state index in [-0.39, 0.29) is 0 Å². The van der Waals surface area contributed by atoms with Crippen LogP contribution in [0.15, 0.2) is 24.4 Å². The van der Waals surface area contributed by atoms with E-state index in [0.717, 1.165) is 12.5 Å². The van der Waals surface area contributed by atoms with Crippen LogP contribution in [0.25, 0.3) is 5.57 Å². The maximum Gasteiger partial charge on any atom is 0.129 e. The third kappa shape index (κ3) is 1.76. The van der Waals surface area contributed by atoms with E-state index in [1.165, 1.54) is 30.5 Å². The number of rotatable bonds is 1. The summed E-state index contributed by atoms with van der Waals surface area (Å²) in [6.07, 6.45) is 6.80. The van der Waals surface area contributed by atoms with Gasteiger partial charge in [0.05, 0.1) is 0 Å². The summed E-state index contributed by atoms with van der Waals surface area (Å²) in [6.45, 7) is 2.28. The van der Waals surface area contributed by atoms with Crippen LogP contribution in [0.1, 0.15) is 18.4 Å². The number of allylic oxidation sites excluding steroid dienone is 1. The molecule has 0 saturated carbocycles. The van der Waals surface area contributed by atoms with Crippen molar-refractivity contribution in [2.75, 3.05) is 13.1 Å². The number of nitrogens with zero attached hydrogens (tertiary/aromatic N) is 1. The SMILES string of the molecule is Clc1ccc(C2=CCC3CCNCC23)cn1. The zero-order valence-electron chi connectivity index (χ0n) is 9.12. The molecule has 1 aliphatic heterocycles. The molecule has 2 nitrogen and oxygen atoms in total. The molecule has 3 heteroatoms. The fourth-order valence-corrected chi connectivity index (χ4v) is 2.98. The van der Waals surface area contributed by atoms with E-state index in [2.05, 4.69) is 22.4 Å². The highest BCUT2D eigenvalue weighted by atomic mass is 35.5. The van der Waals surface area contributed by atoms with E-state index in [1.54, 1.807) is 0 Å². The summed E-state index contributed by atoms with van der Waals surface area (Å²) in [7, 11) is 0. The maximum atomic E-state index is 5.81. The molecule has 2 atom stereocenters. The Morgan fingerprint density at radius 2 is 2.31 bits per heavy atom. The minimum Gasteiger partial charge on any atom is -0.316 e. The Morgan fingerprint density at radius 1 is 1.38 bits per heavy atom. The van der Waals surface area contributed by atoms with Gasteiger partial charge < -0.3 is 5.32 Å². The smallest absolute Gasteiger partial charge is 0.129 e. The number of hydrogen-bond acceptors (Lipinski definition) is 2. The lowest BCUT2D eigenvalue weighted by Crippen LogP contribution is -2.34. The van der Waals surface area contributed by atoms with Crippen LogP contribution in [-0.4, -0.2) is 18.1 Å². The molecular formula is C13H15ClN2. The Balaban J connectivity index is 1.87. The van der Waals surface area contributed by atoms with E-state index < -0.39 is 0 Å². The summed E-state index contributed by atoms with van der Waals surface area (Å²) < 4.78 is 0. The lowest BCUT2D eigenvalue weighted by Gasteiger charge is -2.28. The molecule has 1 aromatic rings. The van der Waals surface area contributed by atoms with Crippen molar-refractivity contribution in [3.05, 3.63) is 35.1 Å². The van der Waals surface area contributed by atoms with Gasteiger partial charge in [-0.3, -0.25) is 0 Å². The first-order valence-corrected chi connectivity index (χ1v) is 6.25. The summed E-state index contributed by atoms with van der Waals surface area (Å²) in [5.41, 5.74) is 2.70. The van der Waals surface area contributed by atoms with Gasteiger partial charge in [0.2, 0.25) is 0 Å². The first-order chi connectivity index (χ1) is 7.84. The van der Waals surface area contributed by atoms with Crippen molar-refractivity contribution in [2.45, 2.75) is 12.8 Å². The van der Waals surface area contributed by atoms with Crippen LogP contribution in [0.4, 0.5) is 0 Å². The van der Waals surface area contributed by atoms with Crippen molar-refractivity contribution < 1.29 is 0 Å². The van der Waals surface area contributed by atoms with Gasteiger partial charge >= 0.3 is 0 Å². The minimum absolute atomic E-state index is 0.570. The van der Waals surface area contributed by atoms with Crippen molar-refractivity contribution in [3.8, 4) is 0 Å². The molecule has 2 unspecified atom stereocenters. The zero-order valence-corrected chi connectivity index (χ0v) is 9.87. The second kappa shape index (κ2) is 4.19.